The van der Waals surface area contributed by atoms with Crippen LogP contribution in [0.25, 0.3) is 11.0 Å². The van der Waals surface area contributed by atoms with Crippen molar-refractivity contribution in [1.82, 2.24) is 15.0 Å². The largest absolute Gasteiger partial charge is 0.338 e. The van der Waals surface area contributed by atoms with Crippen molar-refractivity contribution in [2.75, 3.05) is 5.32 Å². The number of hydrogen-bond donors (Lipinski definition) is 1. The molecule has 0 bridgehead atoms. The Morgan fingerprint density at radius 3 is 2.63 bits per heavy atom. The fourth-order valence-electron chi connectivity index (χ4n) is 1.68. The van der Waals surface area contributed by atoms with Gasteiger partial charge in [0.1, 0.15) is 17.7 Å². The third-order valence-electron chi connectivity index (χ3n) is 2.55. The van der Waals surface area contributed by atoms with Gasteiger partial charge in [0.05, 0.1) is 10.5 Å². The van der Waals surface area contributed by atoms with Crippen LogP contribution in [0.1, 0.15) is 0 Å². The Morgan fingerprint density at radius 2 is 1.84 bits per heavy atom. The zero-order chi connectivity index (χ0) is 13.2. The third-order valence-corrected chi connectivity index (χ3v) is 2.76. The molecule has 0 radical (unpaired) electrons. The third kappa shape index (κ3) is 2.46. The molecule has 0 spiro atoms. The summed E-state index contributed by atoms with van der Waals surface area (Å²) in [5, 5.41) is 3.58. The summed E-state index contributed by atoms with van der Waals surface area (Å²) in [5.41, 5.74) is 1.97. The minimum absolute atomic E-state index is 0.289. The van der Waals surface area contributed by atoms with Crippen LogP contribution >= 0.6 is 11.6 Å². The van der Waals surface area contributed by atoms with Crippen LogP contribution in [0, 0.1) is 5.82 Å². The normalized spacial score (nSPS) is 10.6. The molecule has 94 valence electrons. The van der Waals surface area contributed by atoms with Gasteiger partial charge < -0.3 is 5.32 Å². The topological polar surface area (TPSA) is 50.7 Å². The molecule has 2 aromatic heterocycles. The molecule has 3 aromatic rings. The van der Waals surface area contributed by atoms with Crippen molar-refractivity contribution in [3.63, 3.8) is 0 Å². The van der Waals surface area contributed by atoms with E-state index in [1.165, 1.54) is 24.7 Å². The van der Waals surface area contributed by atoms with E-state index in [9.17, 15) is 4.39 Å². The molecule has 0 aliphatic rings. The van der Waals surface area contributed by atoms with Crippen molar-refractivity contribution in [2.45, 2.75) is 0 Å². The predicted octanol–water partition coefficient (Wildman–Crippen LogP) is 3.56. The molecule has 0 saturated heterocycles. The van der Waals surface area contributed by atoms with E-state index in [4.69, 9.17) is 11.6 Å². The Kier molecular flexibility index (Phi) is 2.97. The van der Waals surface area contributed by atoms with Gasteiger partial charge in [-0.05, 0) is 30.3 Å². The van der Waals surface area contributed by atoms with Crippen LogP contribution in [-0.4, -0.2) is 15.0 Å². The second kappa shape index (κ2) is 4.78. The number of anilines is 2. The molecule has 0 fully saturated rings. The van der Waals surface area contributed by atoms with Crippen molar-refractivity contribution in [3.8, 4) is 0 Å². The van der Waals surface area contributed by atoms with E-state index in [-0.39, 0.29) is 5.82 Å². The summed E-state index contributed by atoms with van der Waals surface area (Å²) in [7, 11) is 0. The molecule has 3 rings (SSSR count). The zero-order valence-corrected chi connectivity index (χ0v) is 10.4. The highest BCUT2D eigenvalue weighted by molar-refractivity contribution is 6.31. The molecule has 6 heteroatoms. The standard InChI is InChI=1S/C13H8ClFN4/c14-8-5-11-12(16-6-8)13(18-7-17-11)19-10-3-1-9(15)2-4-10/h1-7H,(H,17,18,19). The minimum atomic E-state index is -0.289. The Balaban J connectivity index is 2.03. The van der Waals surface area contributed by atoms with Gasteiger partial charge in [-0.3, -0.25) is 0 Å². The first kappa shape index (κ1) is 11.8. The summed E-state index contributed by atoms with van der Waals surface area (Å²) >= 11 is 5.86. The van der Waals surface area contributed by atoms with Gasteiger partial charge in [-0.25, -0.2) is 19.3 Å². The summed E-state index contributed by atoms with van der Waals surface area (Å²) in [4.78, 5) is 12.4. The molecule has 0 aliphatic carbocycles. The van der Waals surface area contributed by atoms with Crippen molar-refractivity contribution in [1.29, 1.82) is 0 Å². The van der Waals surface area contributed by atoms with Gasteiger partial charge in [-0.2, -0.15) is 0 Å². The molecule has 0 unspecified atom stereocenters. The Bertz CT molecular complexity index is 730. The van der Waals surface area contributed by atoms with E-state index in [2.05, 4.69) is 20.3 Å². The lowest BCUT2D eigenvalue weighted by molar-refractivity contribution is 0.628. The number of halogens is 2. The molecule has 0 saturated carbocycles. The molecule has 0 amide bonds. The van der Waals surface area contributed by atoms with E-state index >= 15 is 0 Å². The van der Waals surface area contributed by atoms with Crippen molar-refractivity contribution >= 4 is 34.1 Å². The first-order valence-electron chi connectivity index (χ1n) is 5.51. The second-order valence-electron chi connectivity index (χ2n) is 3.88. The SMILES string of the molecule is Fc1ccc(Nc2ncnc3cc(Cl)cnc23)cc1. The highest BCUT2D eigenvalue weighted by atomic mass is 35.5. The van der Waals surface area contributed by atoms with Crippen LogP contribution in [-0.2, 0) is 0 Å². The lowest BCUT2D eigenvalue weighted by Gasteiger charge is -2.07. The van der Waals surface area contributed by atoms with Crippen molar-refractivity contribution < 1.29 is 4.39 Å². The number of rotatable bonds is 2. The van der Waals surface area contributed by atoms with Gasteiger partial charge in [0.15, 0.2) is 5.82 Å². The Labute approximate surface area is 113 Å². The highest BCUT2D eigenvalue weighted by Crippen LogP contribution is 2.22. The number of pyridine rings is 1. The fraction of sp³-hybridized carbons (Fsp3) is 0. The maximum absolute atomic E-state index is 12.8. The lowest BCUT2D eigenvalue weighted by atomic mass is 10.3. The quantitative estimate of drug-likeness (QED) is 0.776. The number of nitrogens with one attached hydrogen (secondary N) is 1. The second-order valence-corrected chi connectivity index (χ2v) is 4.31. The minimum Gasteiger partial charge on any atom is -0.338 e. The van der Waals surface area contributed by atoms with Crippen LogP contribution in [0.3, 0.4) is 0 Å². The first-order valence-corrected chi connectivity index (χ1v) is 5.89. The van der Waals surface area contributed by atoms with Crippen molar-refractivity contribution in [2.24, 2.45) is 0 Å². The predicted molar refractivity (Wildman–Crippen MR) is 72.0 cm³/mol. The number of nitrogens with zero attached hydrogens (tertiary/aromatic N) is 3. The Morgan fingerprint density at radius 1 is 1.05 bits per heavy atom. The number of benzene rings is 1. The molecule has 1 N–H and O–H groups in total. The number of aromatic nitrogens is 3. The molecule has 2 heterocycles. The average molecular weight is 275 g/mol. The van der Waals surface area contributed by atoms with E-state index < -0.39 is 0 Å². The smallest absolute Gasteiger partial charge is 0.160 e. The van der Waals surface area contributed by atoms with Gasteiger partial charge >= 0.3 is 0 Å². The summed E-state index contributed by atoms with van der Waals surface area (Å²) in [5.74, 6) is 0.260. The first-order chi connectivity index (χ1) is 9.22. The van der Waals surface area contributed by atoms with Gasteiger partial charge in [0.2, 0.25) is 0 Å². The molecule has 0 atom stereocenters. The van der Waals surface area contributed by atoms with Gasteiger partial charge in [0, 0.05) is 11.9 Å². The molecular formula is C13H8ClFN4. The maximum Gasteiger partial charge on any atom is 0.160 e. The highest BCUT2D eigenvalue weighted by Gasteiger charge is 2.06. The summed E-state index contributed by atoms with van der Waals surface area (Å²) in [6, 6.07) is 7.70. The van der Waals surface area contributed by atoms with Crippen LogP contribution in [0.2, 0.25) is 5.02 Å². The summed E-state index contributed by atoms with van der Waals surface area (Å²) < 4.78 is 12.8. The fourth-order valence-corrected chi connectivity index (χ4v) is 1.83. The number of hydrogen-bond acceptors (Lipinski definition) is 4. The maximum atomic E-state index is 12.8. The van der Waals surface area contributed by atoms with Gasteiger partial charge in [-0.15, -0.1) is 0 Å². The molecule has 4 nitrogen and oxygen atoms in total. The molecular weight excluding hydrogens is 267 g/mol. The van der Waals surface area contributed by atoms with Crippen molar-refractivity contribution in [3.05, 3.63) is 53.7 Å². The van der Waals surface area contributed by atoms with E-state index in [0.717, 1.165) is 5.69 Å². The van der Waals surface area contributed by atoms with Crippen LogP contribution in [0.4, 0.5) is 15.9 Å². The van der Waals surface area contributed by atoms with Crippen LogP contribution in [0.15, 0.2) is 42.9 Å². The lowest BCUT2D eigenvalue weighted by Crippen LogP contribution is -1.97. The number of fused-ring (bicyclic) bond motifs is 1. The Hall–Kier alpha value is -2.27. The van der Waals surface area contributed by atoms with E-state index in [1.54, 1.807) is 18.2 Å². The zero-order valence-electron chi connectivity index (χ0n) is 9.64. The van der Waals surface area contributed by atoms with Crippen LogP contribution < -0.4 is 5.32 Å². The van der Waals surface area contributed by atoms with Gasteiger partial charge in [-0.1, -0.05) is 11.6 Å². The molecule has 19 heavy (non-hydrogen) atoms. The van der Waals surface area contributed by atoms with Gasteiger partial charge in [0.25, 0.3) is 0 Å². The van der Waals surface area contributed by atoms with E-state index in [0.29, 0.717) is 21.9 Å². The monoisotopic (exact) mass is 274 g/mol. The summed E-state index contributed by atoms with van der Waals surface area (Å²) in [6.45, 7) is 0. The molecule has 0 aliphatic heterocycles. The average Bonchev–Trinajstić information content (AvgIpc) is 2.41. The molecule has 1 aromatic carbocycles. The summed E-state index contributed by atoms with van der Waals surface area (Å²) in [6.07, 6.45) is 2.95. The van der Waals surface area contributed by atoms with E-state index in [1.807, 2.05) is 0 Å². The van der Waals surface area contributed by atoms with Crippen LogP contribution in [0.5, 0.6) is 0 Å².